The lowest BCUT2D eigenvalue weighted by molar-refractivity contribution is 0.0928. The van der Waals surface area contributed by atoms with Crippen molar-refractivity contribution in [1.82, 2.24) is 0 Å². The molecule has 5 unspecified atom stereocenters. The number of allylic oxidation sites excluding steroid dienone is 4. The van der Waals surface area contributed by atoms with Crippen LogP contribution in [-0.2, 0) is 14.6 Å². The molecule has 0 saturated heterocycles. The van der Waals surface area contributed by atoms with Crippen molar-refractivity contribution < 1.29 is 17.2 Å². The normalized spacial score (nSPS) is 34.9. The molecule has 3 aliphatic rings. The molecule has 3 rings (SSSR count). The van der Waals surface area contributed by atoms with E-state index in [1.54, 1.807) is 5.57 Å². The van der Waals surface area contributed by atoms with Crippen LogP contribution >= 0.6 is 0 Å². The van der Waals surface area contributed by atoms with Gasteiger partial charge < -0.3 is 4.55 Å². The second kappa shape index (κ2) is 10.6. The lowest BCUT2D eigenvalue weighted by Crippen LogP contribution is -2.36. The molecule has 0 heterocycles. The van der Waals surface area contributed by atoms with Crippen LogP contribution < -0.4 is 0 Å². The summed E-state index contributed by atoms with van der Waals surface area (Å²) in [6.45, 7) is 13.8. The van der Waals surface area contributed by atoms with E-state index in [9.17, 15) is 13.0 Å². The Morgan fingerprint density at radius 1 is 1.16 bits per heavy atom. The molecular weight excluding hydrogens is 420 g/mol. The number of hydrogen-bond donors (Lipinski definition) is 0. The first-order valence-electron chi connectivity index (χ1n) is 12.7. The summed E-state index contributed by atoms with van der Waals surface area (Å²) < 4.78 is 37.8. The molecule has 32 heavy (non-hydrogen) atoms. The Morgan fingerprint density at radius 3 is 2.59 bits per heavy atom. The van der Waals surface area contributed by atoms with E-state index in [0.717, 1.165) is 35.3 Å². The van der Waals surface area contributed by atoms with E-state index in [1.807, 2.05) is 0 Å². The van der Waals surface area contributed by atoms with Crippen molar-refractivity contribution in [2.75, 3.05) is 0 Å². The summed E-state index contributed by atoms with van der Waals surface area (Å²) in [5.74, 6) is 3.03. The van der Waals surface area contributed by atoms with Crippen molar-refractivity contribution in [3.63, 3.8) is 0 Å². The summed E-state index contributed by atoms with van der Waals surface area (Å²) in [5, 5.41) is 0. The maximum atomic E-state index is 11.0. The van der Waals surface area contributed by atoms with E-state index in [-0.39, 0.29) is 0 Å². The molecule has 3 aliphatic carbocycles. The van der Waals surface area contributed by atoms with Gasteiger partial charge in [0.1, 0.15) is 0 Å². The van der Waals surface area contributed by atoms with Crippen LogP contribution in [0, 0.1) is 29.1 Å². The number of hydrogen-bond acceptors (Lipinski definition) is 4. The summed E-state index contributed by atoms with van der Waals surface area (Å²) in [5.41, 5.74) is 4.01. The highest BCUT2D eigenvalue weighted by molar-refractivity contribution is 7.80. The van der Waals surface area contributed by atoms with Gasteiger partial charge in [-0.3, -0.25) is 4.18 Å². The summed E-state index contributed by atoms with van der Waals surface area (Å²) in [6.07, 6.45) is 15.9. The van der Waals surface area contributed by atoms with Gasteiger partial charge in [0, 0.05) is 6.42 Å². The molecule has 4 nitrogen and oxygen atoms in total. The topological polar surface area (TPSA) is 66.4 Å². The van der Waals surface area contributed by atoms with E-state index in [2.05, 4.69) is 46.4 Å². The summed E-state index contributed by atoms with van der Waals surface area (Å²) in [6, 6.07) is 0. The van der Waals surface area contributed by atoms with Crippen LogP contribution in [-0.4, -0.2) is 19.1 Å². The molecule has 3 saturated carbocycles. The first-order valence-corrected chi connectivity index (χ1v) is 14.0. The van der Waals surface area contributed by atoms with Crippen LogP contribution in [0.25, 0.3) is 0 Å². The Hall–Kier alpha value is -0.910. The van der Waals surface area contributed by atoms with Crippen LogP contribution in [0.2, 0.25) is 0 Å². The molecular formula is C27H43O4S-. The third-order valence-corrected chi connectivity index (χ3v) is 9.10. The van der Waals surface area contributed by atoms with Gasteiger partial charge in [-0.1, -0.05) is 76.8 Å². The molecule has 3 fully saturated rings. The Kier molecular flexibility index (Phi) is 8.49. The van der Waals surface area contributed by atoms with E-state index in [4.69, 9.17) is 4.18 Å². The second-order valence-corrected chi connectivity index (χ2v) is 12.3. The fourth-order valence-corrected chi connectivity index (χ4v) is 7.39. The molecule has 0 aliphatic heterocycles. The van der Waals surface area contributed by atoms with Gasteiger partial charge >= 0.3 is 0 Å². The fraction of sp³-hybridized carbons (Fsp3) is 0.778. The van der Waals surface area contributed by atoms with Crippen molar-refractivity contribution >= 4 is 10.4 Å². The van der Waals surface area contributed by atoms with Gasteiger partial charge in [-0.25, -0.2) is 8.42 Å². The Morgan fingerprint density at radius 2 is 1.91 bits per heavy atom. The molecule has 0 N–H and O–H groups in total. The molecule has 0 bridgehead atoms. The van der Waals surface area contributed by atoms with Gasteiger partial charge in [0.15, 0.2) is 0 Å². The molecule has 0 amide bonds. The fourth-order valence-electron chi connectivity index (χ4n) is 6.89. The highest BCUT2D eigenvalue weighted by Gasteiger charge is 2.50. The standard InChI is InChI=1S/C27H44O4S/c1-19(2)8-6-9-21(4)25-15-16-26-22(10-7-17-27(25,26)5)12-13-23-18-24(14-11-20(23)3)31-32(28,29)30/h12-13,19,21,24-26H,3,6-11,14-18H2,1-2,4-5H3,(H,28,29,30)/p-1. The maximum absolute atomic E-state index is 11.0. The van der Waals surface area contributed by atoms with Crippen LogP contribution in [0.5, 0.6) is 0 Å². The molecule has 0 aromatic carbocycles. The zero-order valence-corrected chi connectivity index (χ0v) is 21.4. The van der Waals surface area contributed by atoms with E-state index in [0.29, 0.717) is 30.6 Å². The zero-order chi connectivity index (χ0) is 23.5. The van der Waals surface area contributed by atoms with E-state index >= 15 is 0 Å². The summed E-state index contributed by atoms with van der Waals surface area (Å²) in [7, 11) is -4.67. The SMILES string of the molecule is C=C1CCC(OS(=O)(=O)[O-])CC1=CC=C1CCCC2(C)C1CCC2C(C)CCCC(C)C. The number of rotatable bonds is 8. The summed E-state index contributed by atoms with van der Waals surface area (Å²) in [4.78, 5) is 0. The van der Waals surface area contributed by atoms with Crippen molar-refractivity contribution in [3.8, 4) is 0 Å². The van der Waals surface area contributed by atoms with Crippen molar-refractivity contribution in [3.05, 3.63) is 35.5 Å². The molecule has 182 valence electrons. The third kappa shape index (κ3) is 6.36. The average Bonchev–Trinajstić information content (AvgIpc) is 3.04. The molecule has 0 aromatic heterocycles. The van der Waals surface area contributed by atoms with Gasteiger partial charge in [0.25, 0.3) is 0 Å². The van der Waals surface area contributed by atoms with Crippen LogP contribution in [0.4, 0.5) is 0 Å². The van der Waals surface area contributed by atoms with Gasteiger partial charge in [0.2, 0.25) is 10.4 Å². The van der Waals surface area contributed by atoms with E-state index in [1.165, 1.54) is 44.9 Å². The largest absolute Gasteiger partial charge is 0.726 e. The van der Waals surface area contributed by atoms with Crippen molar-refractivity contribution in [2.24, 2.45) is 29.1 Å². The monoisotopic (exact) mass is 463 g/mol. The highest BCUT2D eigenvalue weighted by atomic mass is 32.3. The molecule has 5 atom stereocenters. The Labute approximate surface area is 196 Å². The van der Waals surface area contributed by atoms with E-state index < -0.39 is 16.5 Å². The smallest absolute Gasteiger partial charge is 0.217 e. The van der Waals surface area contributed by atoms with Crippen molar-refractivity contribution in [2.45, 2.75) is 104 Å². The average molecular weight is 464 g/mol. The van der Waals surface area contributed by atoms with Gasteiger partial charge in [-0.15, -0.1) is 0 Å². The van der Waals surface area contributed by atoms with Crippen molar-refractivity contribution in [1.29, 1.82) is 0 Å². The predicted molar refractivity (Wildman–Crippen MR) is 130 cm³/mol. The first-order chi connectivity index (χ1) is 15.0. The van der Waals surface area contributed by atoms with Gasteiger partial charge in [-0.05, 0) is 79.6 Å². The Bertz CT molecular complexity index is 838. The predicted octanol–water partition coefficient (Wildman–Crippen LogP) is 7.10. The third-order valence-electron chi connectivity index (χ3n) is 8.59. The maximum Gasteiger partial charge on any atom is 0.217 e. The van der Waals surface area contributed by atoms with Gasteiger partial charge in [-0.2, -0.15) is 0 Å². The number of fused-ring (bicyclic) bond motifs is 1. The highest BCUT2D eigenvalue weighted by Crippen LogP contribution is 2.60. The lowest BCUT2D eigenvalue weighted by Gasteiger charge is -2.44. The molecule has 0 radical (unpaired) electrons. The van der Waals surface area contributed by atoms with Crippen LogP contribution in [0.1, 0.15) is 98.3 Å². The minimum Gasteiger partial charge on any atom is -0.726 e. The zero-order valence-electron chi connectivity index (χ0n) is 20.6. The van der Waals surface area contributed by atoms with Crippen LogP contribution in [0.15, 0.2) is 35.5 Å². The van der Waals surface area contributed by atoms with Gasteiger partial charge in [0.05, 0.1) is 6.10 Å². The minimum atomic E-state index is -4.67. The van der Waals surface area contributed by atoms with Crippen LogP contribution in [0.3, 0.4) is 0 Å². The summed E-state index contributed by atoms with van der Waals surface area (Å²) >= 11 is 0. The quantitative estimate of drug-likeness (QED) is 0.284. The molecule has 5 heteroatoms. The second-order valence-electron chi connectivity index (χ2n) is 11.3. The Balaban J connectivity index is 1.70. The minimum absolute atomic E-state index is 0.395. The molecule has 0 aromatic rings. The molecule has 0 spiro atoms. The lowest BCUT2D eigenvalue weighted by atomic mass is 9.60. The first kappa shape index (κ1) is 25.7.